The fourth-order valence-corrected chi connectivity index (χ4v) is 8.72. The van der Waals surface area contributed by atoms with Gasteiger partial charge in [-0.1, -0.05) is 170 Å². The van der Waals surface area contributed by atoms with Gasteiger partial charge in [0.2, 0.25) is 0 Å². The van der Waals surface area contributed by atoms with E-state index >= 15 is 0 Å². The summed E-state index contributed by atoms with van der Waals surface area (Å²) < 4.78 is 6.94. The van der Waals surface area contributed by atoms with Crippen LogP contribution < -0.4 is 9.80 Å². The molecule has 288 valence electrons. The Morgan fingerprint density at radius 3 is 1.31 bits per heavy atom. The zero-order valence-electron chi connectivity index (χ0n) is 33.4. The third kappa shape index (κ3) is 6.78. The lowest BCUT2D eigenvalue weighted by molar-refractivity contribution is 0.669. The Hall–Kier alpha value is -8.14. The van der Waals surface area contributed by atoms with Crippen molar-refractivity contribution in [2.24, 2.45) is 0 Å². The summed E-state index contributed by atoms with van der Waals surface area (Å²) in [5.41, 5.74) is 15.0. The van der Waals surface area contributed by atoms with E-state index in [0.29, 0.717) is 0 Å². The summed E-state index contributed by atoms with van der Waals surface area (Å²) in [6.07, 6.45) is 0. The minimum atomic E-state index is 0.814. The molecule has 3 heteroatoms. The number of hydrogen-bond acceptors (Lipinski definition) is 3. The lowest BCUT2D eigenvalue weighted by Crippen LogP contribution is -2.13. The van der Waals surface area contributed by atoms with Crippen LogP contribution in [0.2, 0.25) is 0 Å². The van der Waals surface area contributed by atoms with Gasteiger partial charge in [0.15, 0.2) is 0 Å². The molecule has 0 aliphatic heterocycles. The summed E-state index contributed by atoms with van der Waals surface area (Å²) in [6.45, 7) is 0. The van der Waals surface area contributed by atoms with Crippen molar-refractivity contribution < 1.29 is 4.42 Å². The van der Waals surface area contributed by atoms with Crippen LogP contribution in [-0.4, -0.2) is 0 Å². The minimum absolute atomic E-state index is 0.814. The Labute approximate surface area is 355 Å². The third-order valence-corrected chi connectivity index (χ3v) is 11.6. The van der Waals surface area contributed by atoms with Gasteiger partial charge in [-0.15, -0.1) is 0 Å². The number of anilines is 6. The molecule has 61 heavy (non-hydrogen) atoms. The molecule has 0 saturated carbocycles. The predicted octanol–water partition coefficient (Wildman–Crippen LogP) is 16.7. The van der Waals surface area contributed by atoms with Gasteiger partial charge in [-0.25, -0.2) is 0 Å². The molecule has 0 spiro atoms. The van der Waals surface area contributed by atoms with Crippen molar-refractivity contribution in [1.29, 1.82) is 0 Å². The molecule has 0 aliphatic rings. The number of benzene rings is 10. The zero-order chi connectivity index (χ0) is 40.5. The highest BCUT2D eigenvalue weighted by molar-refractivity contribution is 6.17. The average molecular weight is 781 g/mol. The van der Waals surface area contributed by atoms with Crippen LogP contribution in [-0.2, 0) is 0 Å². The fourth-order valence-electron chi connectivity index (χ4n) is 8.72. The number of rotatable bonds is 9. The molecule has 1 aromatic heterocycles. The van der Waals surface area contributed by atoms with Crippen LogP contribution in [0, 0.1) is 0 Å². The Kier molecular flexibility index (Phi) is 9.18. The van der Waals surface area contributed by atoms with E-state index in [4.69, 9.17) is 4.42 Å². The molecule has 0 N–H and O–H groups in total. The maximum atomic E-state index is 6.94. The first-order valence-electron chi connectivity index (χ1n) is 20.7. The van der Waals surface area contributed by atoms with Gasteiger partial charge in [-0.3, -0.25) is 0 Å². The van der Waals surface area contributed by atoms with Gasteiger partial charge in [0, 0.05) is 34.2 Å². The lowest BCUT2D eigenvalue weighted by atomic mass is 9.94. The zero-order valence-corrected chi connectivity index (χ0v) is 33.4. The monoisotopic (exact) mass is 780 g/mol. The first-order valence-corrected chi connectivity index (χ1v) is 20.7. The summed E-state index contributed by atoms with van der Waals surface area (Å²) in [5, 5.41) is 4.44. The van der Waals surface area contributed by atoms with E-state index in [1.165, 1.54) is 33.2 Å². The smallest absolute Gasteiger partial charge is 0.139 e. The fraction of sp³-hybridized carbons (Fsp3) is 0. The van der Waals surface area contributed by atoms with E-state index in [1.54, 1.807) is 0 Å². The molecule has 0 saturated heterocycles. The number of nitrogens with zero attached hydrogens (tertiary/aromatic N) is 2. The van der Waals surface area contributed by atoms with E-state index in [1.807, 2.05) is 0 Å². The standard InChI is InChI=1S/C58H40N2O/c1-5-17-41(18-6-1)42-29-33-49(34-30-42)59(47-23-9-3-10-24-47)51-39-55(58-54-37-45-21-13-14-22-46(45)38-56(54)61-57(58)40-51)60(48-25-11-4-12-26-48)50-35-31-44(32-36-50)53-28-16-15-27-52(53)43-19-7-2-8-20-43/h1-40H. The first kappa shape index (κ1) is 36.0. The second-order valence-corrected chi connectivity index (χ2v) is 15.3. The molecule has 11 aromatic rings. The van der Waals surface area contributed by atoms with E-state index in [-0.39, 0.29) is 0 Å². The van der Waals surface area contributed by atoms with Crippen LogP contribution in [0.4, 0.5) is 34.1 Å². The van der Waals surface area contributed by atoms with Gasteiger partial charge in [-0.2, -0.15) is 0 Å². The molecular formula is C58H40N2O. The average Bonchev–Trinajstić information content (AvgIpc) is 3.70. The molecule has 0 amide bonds. The van der Waals surface area contributed by atoms with Crippen molar-refractivity contribution in [3.63, 3.8) is 0 Å². The van der Waals surface area contributed by atoms with Crippen molar-refractivity contribution in [3.8, 4) is 33.4 Å². The van der Waals surface area contributed by atoms with Gasteiger partial charge in [0.25, 0.3) is 0 Å². The lowest BCUT2D eigenvalue weighted by Gasteiger charge is -2.30. The van der Waals surface area contributed by atoms with Crippen LogP contribution in [0.1, 0.15) is 0 Å². The topological polar surface area (TPSA) is 19.6 Å². The van der Waals surface area contributed by atoms with E-state index < -0.39 is 0 Å². The molecule has 0 atom stereocenters. The van der Waals surface area contributed by atoms with Crippen LogP contribution in [0.3, 0.4) is 0 Å². The van der Waals surface area contributed by atoms with Crippen molar-refractivity contribution >= 4 is 66.8 Å². The maximum absolute atomic E-state index is 6.94. The van der Waals surface area contributed by atoms with Gasteiger partial charge >= 0.3 is 0 Å². The Bertz CT molecular complexity index is 3270. The van der Waals surface area contributed by atoms with Crippen LogP contribution in [0.5, 0.6) is 0 Å². The van der Waals surface area contributed by atoms with Crippen LogP contribution in [0.25, 0.3) is 66.1 Å². The second-order valence-electron chi connectivity index (χ2n) is 15.3. The summed E-state index contributed by atoms with van der Waals surface area (Å²) in [7, 11) is 0. The van der Waals surface area contributed by atoms with E-state index in [0.717, 1.165) is 67.0 Å². The van der Waals surface area contributed by atoms with Crippen molar-refractivity contribution in [1.82, 2.24) is 0 Å². The number of furan rings is 1. The molecule has 0 aliphatic carbocycles. The summed E-state index contributed by atoms with van der Waals surface area (Å²) in [4.78, 5) is 4.71. The summed E-state index contributed by atoms with van der Waals surface area (Å²) in [6, 6.07) is 86.4. The van der Waals surface area contributed by atoms with Gasteiger partial charge in [0.05, 0.1) is 16.8 Å². The van der Waals surface area contributed by atoms with Gasteiger partial charge < -0.3 is 14.2 Å². The van der Waals surface area contributed by atoms with E-state index in [9.17, 15) is 0 Å². The van der Waals surface area contributed by atoms with Gasteiger partial charge in [0.1, 0.15) is 11.2 Å². The SMILES string of the molecule is c1ccc(-c2ccc(N(c3ccccc3)c3cc(N(c4ccccc4)c4ccc(-c5ccccc5-c5ccccc5)cc4)c4c(c3)oc3cc5ccccc5cc34)cc2)cc1. The Balaban J connectivity index is 1.14. The Morgan fingerprint density at radius 1 is 0.279 bits per heavy atom. The van der Waals surface area contributed by atoms with Crippen molar-refractivity contribution in [2.45, 2.75) is 0 Å². The second kappa shape index (κ2) is 15.6. The highest BCUT2D eigenvalue weighted by atomic mass is 16.3. The van der Waals surface area contributed by atoms with E-state index in [2.05, 4.69) is 252 Å². The molecular weight excluding hydrogens is 741 g/mol. The highest BCUT2D eigenvalue weighted by Gasteiger charge is 2.24. The number of fused-ring (bicyclic) bond motifs is 4. The van der Waals surface area contributed by atoms with Crippen LogP contribution in [0.15, 0.2) is 247 Å². The molecule has 0 fully saturated rings. The largest absolute Gasteiger partial charge is 0.456 e. The quantitative estimate of drug-likeness (QED) is 0.145. The minimum Gasteiger partial charge on any atom is -0.456 e. The van der Waals surface area contributed by atoms with Crippen molar-refractivity contribution in [2.75, 3.05) is 9.80 Å². The molecule has 1 heterocycles. The normalized spacial score (nSPS) is 11.3. The van der Waals surface area contributed by atoms with Crippen molar-refractivity contribution in [3.05, 3.63) is 243 Å². The van der Waals surface area contributed by atoms with Crippen LogP contribution >= 0.6 is 0 Å². The Morgan fingerprint density at radius 2 is 0.705 bits per heavy atom. The molecule has 0 unspecified atom stereocenters. The summed E-state index contributed by atoms with van der Waals surface area (Å²) in [5.74, 6) is 0. The predicted molar refractivity (Wildman–Crippen MR) is 257 cm³/mol. The first-order chi connectivity index (χ1) is 30.2. The molecule has 11 rings (SSSR count). The third-order valence-electron chi connectivity index (χ3n) is 11.6. The maximum Gasteiger partial charge on any atom is 0.139 e. The molecule has 0 bridgehead atoms. The number of hydrogen-bond donors (Lipinski definition) is 0. The van der Waals surface area contributed by atoms with Gasteiger partial charge in [-0.05, 0) is 111 Å². The number of para-hydroxylation sites is 2. The highest BCUT2D eigenvalue weighted by Crippen LogP contribution is 2.48. The molecule has 10 aromatic carbocycles. The summed E-state index contributed by atoms with van der Waals surface area (Å²) >= 11 is 0. The molecule has 3 nitrogen and oxygen atoms in total. The molecule has 0 radical (unpaired) electrons.